The highest BCUT2D eigenvalue weighted by molar-refractivity contribution is 7.91. The third-order valence-corrected chi connectivity index (χ3v) is 5.28. The predicted molar refractivity (Wildman–Crippen MR) is 81.7 cm³/mol. The van der Waals surface area contributed by atoms with Crippen molar-refractivity contribution < 1.29 is 13.2 Å². The summed E-state index contributed by atoms with van der Waals surface area (Å²) in [4.78, 5) is 0. The fourth-order valence-electron chi connectivity index (χ4n) is 2.11. The van der Waals surface area contributed by atoms with Crippen molar-refractivity contribution in [2.24, 2.45) is 5.73 Å². The van der Waals surface area contributed by atoms with E-state index >= 15 is 0 Å². The van der Waals surface area contributed by atoms with Gasteiger partial charge in [-0.1, -0.05) is 18.2 Å². The summed E-state index contributed by atoms with van der Waals surface area (Å²) >= 11 is 0. The molecule has 0 spiro atoms. The van der Waals surface area contributed by atoms with Crippen LogP contribution in [0.1, 0.15) is 18.5 Å². The van der Waals surface area contributed by atoms with Crippen LogP contribution in [-0.2, 0) is 9.84 Å². The van der Waals surface area contributed by atoms with E-state index in [-0.39, 0.29) is 0 Å². The van der Waals surface area contributed by atoms with Crippen LogP contribution < -0.4 is 10.5 Å². The van der Waals surface area contributed by atoms with E-state index in [0.717, 1.165) is 22.1 Å². The predicted octanol–water partition coefficient (Wildman–Crippen LogP) is 2.28. The highest BCUT2D eigenvalue weighted by Crippen LogP contribution is 2.26. The summed E-state index contributed by atoms with van der Waals surface area (Å²) in [6, 6.07) is 11.0. The Bertz CT molecular complexity index is 725. The summed E-state index contributed by atoms with van der Waals surface area (Å²) < 4.78 is 28.4. The summed E-state index contributed by atoms with van der Waals surface area (Å²) in [5.41, 5.74) is 6.89. The van der Waals surface area contributed by atoms with Gasteiger partial charge in [-0.05, 0) is 41.5 Å². The molecule has 20 heavy (non-hydrogen) atoms. The van der Waals surface area contributed by atoms with Crippen molar-refractivity contribution in [3.8, 4) is 5.75 Å². The average Bonchev–Trinajstić information content (AvgIpc) is 2.43. The van der Waals surface area contributed by atoms with Crippen LogP contribution in [0.3, 0.4) is 0 Å². The molecule has 0 fully saturated rings. The van der Waals surface area contributed by atoms with Crippen molar-refractivity contribution in [2.45, 2.75) is 18.2 Å². The van der Waals surface area contributed by atoms with E-state index in [1.807, 2.05) is 36.4 Å². The van der Waals surface area contributed by atoms with Crippen molar-refractivity contribution in [1.82, 2.24) is 0 Å². The Labute approximate surface area is 119 Å². The summed E-state index contributed by atoms with van der Waals surface area (Å²) in [5, 5.41) is 1.44. The molecule has 0 radical (unpaired) electrons. The number of hydrogen-bond acceptors (Lipinski definition) is 4. The summed E-state index contributed by atoms with van der Waals surface area (Å²) in [7, 11) is -1.53. The van der Waals surface area contributed by atoms with Crippen LogP contribution in [-0.4, -0.2) is 27.0 Å². The van der Waals surface area contributed by atoms with E-state index in [1.54, 1.807) is 14.0 Å². The van der Waals surface area contributed by atoms with E-state index in [0.29, 0.717) is 0 Å². The van der Waals surface area contributed by atoms with Gasteiger partial charge in [0.15, 0.2) is 9.84 Å². The topological polar surface area (TPSA) is 69.4 Å². The van der Waals surface area contributed by atoms with Gasteiger partial charge in [0.1, 0.15) is 5.75 Å². The Morgan fingerprint density at radius 2 is 1.70 bits per heavy atom. The molecule has 5 heteroatoms. The molecular weight excluding hydrogens is 274 g/mol. The van der Waals surface area contributed by atoms with E-state index in [9.17, 15) is 8.42 Å². The lowest BCUT2D eigenvalue weighted by Gasteiger charge is -2.19. The molecule has 0 saturated heterocycles. The fraction of sp³-hybridized carbons (Fsp3) is 0.333. The van der Waals surface area contributed by atoms with Gasteiger partial charge in [-0.3, -0.25) is 0 Å². The maximum Gasteiger partial charge on any atom is 0.151 e. The fourth-order valence-corrected chi connectivity index (χ4v) is 2.80. The molecule has 0 amide bonds. The van der Waals surface area contributed by atoms with Gasteiger partial charge < -0.3 is 10.5 Å². The van der Waals surface area contributed by atoms with Gasteiger partial charge in [-0.15, -0.1) is 0 Å². The van der Waals surface area contributed by atoms with Gasteiger partial charge in [-0.25, -0.2) is 8.42 Å². The molecule has 0 aliphatic rings. The highest BCUT2D eigenvalue weighted by Gasteiger charge is 2.24. The van der Waals surface area contributed by atoms with Crippen LogP contribution in [0.25, 0.3) is 10.8 Å². The van der Waals surface area contributed by atoms with Gasteiger partial charge in [0.2, 0.25) is 0 Å². The minimum atomic E-state index is -3.16. The van der Waals surface area contributed by atoms with Crippen LogP contribution in [0.4, 0.5) is 0 Å². The average molecular weight is 293 g/mol. The number of hydrogen-bond donors (Lipinski definition) is 1. The number of methoxy groups -OCH3 is 1. The molecule has 0 heterocycles. The van der Waals surface area contributed by atoms with Crippen molar-refractivity contribution in [3.05, 3.63) is 42.0 Å². The lowest BCUT2D eigenvalue weighted by atomic mass is 10.0. The Morgan fingerprint density at radius 1 is 1.10 bits per heavy atom. The number of ether oxygens (including phenoxy) is 1. The normalized spacial score (nSPS) is 15.0. The Kier molecular flexibility index (Phi) is 4.01. The van der Waals surface area contributed by atoms with Gasteiger partial charge in [0, 0.05) is 12.3 Å². The first-order valence-electron chi connectivity index (χ1n) is 6.35. The van der Waals surface area contributed by atoms with Gasteiger partial charge in [0.25, 0.3) is 0 Å². The van der Waals surface area contributed by atoms with Gasteiger partial charge in [-0.2, -0.15) is 0 Å². The minimum absolute atomic E-state index is 0.531. The van der Waals surface area contributed by atoms with E-state index < -0.39 is 21.1 Å². The SMILES string of the molecule is COc1ccc2cc(C(N)C(C)S(C)(=O)=O)ccc2c1. The van der Waals surface area contributed by atoms with Crippen molar-refractivity contribution in [1.29, 1.82) is 0 Å². The molecule has 2 N–H and O–H groups in total. The zero-order chi connectivity index (χ0) is 14.9. The molecule has 0 aliphatic carbocycles. The van der Waals surface area contributed by atoms with E-state index in [1.165, 1.54) is 6.26 Å². The molecule has 0 bridgehead atoms. The molecular formula is C15H19NO3S. The maximum absolute atomic E-state index is 11.6. The van der Waals surface area contributed by atoms with E-state index in [4.69, 9.17) is 10.5 Å². The molecule has 108 valence electrons. The molecule has 2 unspecified atom stereocenters. The molecule has 2 aromatic rings. The van der Waals surface area contributed by atoms with Crippen LogP contribution >= 0.6 is 0 Å². The second-order valence-corrected chi connectivity index (χ2v) is 7.44. The molecule has 2 aromatic carbocycles. The lowest BCUT2D eigenvalue weighted by Crippen LogP contribution is -2.30. The zero-order valence-corrected chi connectivity index (χ0v) is 12.6. The monoisotopic (exact) mass is 293 g/mol. The molecule has 4 nitrogen and oxygen atoms in total. The molecule has 2 atom stereocenters. The molecule has 2 rings (SSSR count). The Morgan fingerprint density at radius 3 is 2.30 bits per heavy atom. The molecule has 0 aliphatic heterocycles. The lowest BCUT2D eigenvalue weighted by molar-refractivity contribution is 0.415. The number of rotatable bonds is 4. The quantitative estimate of drug-likeness (QED) is 0.939. The zero-order valence-electron chi connectivity index (χ0n) is 11.8. The van der Waals surface area contributed by atoms with Crippen LogP contribution in [0.15, 0.2) is 36.4 Å². The summed E-state index contributed by atoms with van der Waals surface area (Å²) in [6.45, 7) is 1.64. The van der Waals surface area contributed by atoms with Gasteiger partial charge in [0.05, 0.1) is 12.4 Å². The second kappa shape index (κ2) is 5.42. The Balaban J connectivity index is 2.42. The third-order valence-electron chi connectivity index (χ3n) is 3.64. The van der Waals surface area contributed by atoms with Crippen molar-refractivity contribution >= 4 is 20.6 Å². The first-order chi connectivity index (χ1) is 9.32. The second-order valence-electron chi connectivity index (χ2n) is 5.03. The smallest absolute Gasteiger partial charge is 0.151 e. The largest absolute Gasteiger partial charge is 0.497 e. The maximum atomic E-state index is 11.6. The number of nitrogens with two attached hydrogens (primary N) is 1. The van der Waals surface area contributed by atoms with Gasteiger partial charge >= 0.3 is 0 Å². The number of fused-ring (bicyclic) bond motifs is 1. The number of benzene rings is 2. The summed E-state index contributed by atoms with van der Waals surface area (Å²) in [5.74, 6) is 0.791. The molecule has 0 aromatic heterocycles. The van der Waals surface area contributed by atoms with Crippen molar-refractivity contribution in [3.63, 3.8) is 0 Å². The third kappa shape index (κ3) is 2.94. The minimum Gasteiger partial charge on any atom is -0.497 e. The first kappa shape index (κ1) is 14.8. The van der Waals surface area contributed by atoms with Crippen LogP contribution in [0.5, 0.6) is 5.75 Å². The van der Waals surface area contributed by atoms with Crippen LogP contribution in [0, 0.1) is 0 Å². The highest BCUT2D eigenvalue weighted by atomic mass is 32.2. The molecule has 0 saturated carbocycles. The van der Waals surface area contributed by atoms with E-state index in [2.05, 4.69) is 0 Å². The summed E-state index contributed by atoms with van der Waals surface area (Å²) in [6.07, 6.45) is 1.21. The first-order valence-corrected chi connectivity index (χ1v) is 8.30. The standard InChI is InChI=1S/C15H19NO3S/c1-10(20(3,17)18)15(16)13-5-4-12-9-14(19-2)7-6-11(12)8-13/h4-10,15H,16H2,1-3H3. The van der Waals surface area contributed by atoms with Crippen LogP contribution in [0.2, 0.25) is 0 Å². The van der Waals surface area contributed by atoms with Crippen molar-refractivity contribution in [2.75, 3.05) is 13.4 Å². The number of sulfone groups is 1. The Hall–Kier alpha value is -1.59.